The van der Waals surface area contributed by atoms with Crippen molar-refractivity contribution in [2.75, 3.05) is 20.6 Å². The normalized spacial score (nSPS) is 20.0. The van der Waals surface area contributed by atoms with Gasteiger partial charge >= 0.3 is 11.7 Å². The Morgan fingerprint density at radius 2 is 1.74 bits per heavy atom. The molecule has 0 N–H and O–H groups in total. The largest absolute Gasteiger partial charge is 0.330 e. The molecular weight excluding hydrogens is 248 g/mol. The van der Waals surface area contributed by atoms with E-state index < -0.39 is 0 Å². The number of hydrogen-bond donors (Lipinski definition) is 0. The number of carbonyl (C=O) groups excluding carboxylic acids is 1. The summed E-state index contributed by atoms with van der Waals surface area (Å²) in [5, 5.41) is 0. The summed E-state index contributed by atoms with van der Waals surface area (Å²) in [4.78, 5) is 38.9. The van der Waals surface area contributed by atoms with Crippen LogP contribution in [0.15, 0.2) is 15.8 Å². The van der Waals surface area contributed by atoms with Crippen LogP contribution in [0.2, 0.25) is 0 Å². The van der Waals surface area contributed by atoms with Crippen molar-refractivity contribution in [1.29, 1.82) is 0 Å². The van der Waals surface area contributed by atoms with Crippen molar-refractivity contribution in [2.24, 2.45) is 14.1 Å². The zero-order valence-corrected chi connectivity index (χ0v) is 11.6. The zero-order valence-electron chi connectivity index (χ0n) is 11.6. The van der Waals surface area contributed by atoms with Crippen LogP contribution in [0, 0.1) is 0 Å². The zero-order chi connectivity index (χ0) is 14.3. The first-order valence-corrected chi connectivity index (χ1v) is 6.09. The summed E-state index contributed by atoms with van der Waals surface area (Å²) < 4.78 is 2.44. The van der Waals surface area contributed by atoms with E-state index in [1.54, 1.807) is 30.9 Å². The van der Waals surface area contributed by atoms with Crippen molar-refractivity contribution in [3.63, 3.8) is 0 Å². The highest BCUT2D eigenvalue weighted by atomic mass is 16.2. The van der Waals surface area contributed by atoms with Gasteiger partial charge in [0.15, 0.2) is 0 Å². The second-order valence-electron chi connectivity index (χ2n) is 4.96. The number of rotatable bonds is 1. The van der Waals surface area contributed by atoms with Crippen LogP contribution in [-0.4, -0.2) is 45.6 Å². The third-order valence-corrected chi connectivity index (χ3v) is 3.67. The van der Waals surface area contributed by atoms with Crippen molar-refractivity contribution in [3.8, 4) is 0 Å². The third-order valence-electron chi connectivity index (χ3n) is 3.67. The minimum Gasteiger partial charge on any atom is -0.328 e. The fourth-order valence-electron chi connectivity index (χ4n) is 2.44. The van der Waals surface area contributed by atoms with E-state index in [1.807, 2.05) is 0 Å². The smallest absolute Gasteiger partial charge is 0.328 e. The summed E-state index contributed by atoms with van der Waals surface area (Å²) in [5.74, 6) is 0. The molecule has 19 heavy (non-hydrogen) atoms. The number of hydrogen-bond acceptors (Lipinski definition) is 3. The molecule has 1 atom stereocenters. The number of aromatic nitrogens is 2. The number of aryl methyl sites for hydroxylation is 1. The number of nitrogens with zero attached hydrogens (tertiary/aromatic N) is 4. The lowest BCUT2D eigenvalue weighted by atomic mass is 10.0. The van der Waals surface area contributed by atoms with Gasteiger partial charge in [-0.2, -0.15) is 0 Å². The van der Waals surface area contributed by atoms with Crippen molar-refractivity contribution in [1.82, 2.24) is 18.9 Å². The van der Waals surface area contributed by atoms with Crippen LogP contribution in [0.4, 0.5) is 4.79 Å². The Kier molecular flexibility index (Phi) is 3.21. The maximum atomic E-state index is 12.2. The van der Waals surface area contributed by atoms with Crippen LogP contribution in [0.3, 0.4) is 0 Å². The minimum absolute atomic E-state index is 0.118. The molecule has 1 fully saturated rings. The van der Waals surface area contributed by atoms with Gasteiger partial charge in [-0.05, 0) is 6.42 Å². The topological polar surface area (TPSA) is 67.6 Å². The van der Waals surface area contributed by atoms with E-state index in [9.17, 15) is 14.4 Å². The molecule has 1 aromatic rings. The van der Waals surface area contributed by atoms with Crippen molar-refractivity contribution in [3.05, 3.63) is 32.6 Å². The molecule has 1 aliphatic heterocycles. The van der Waals surface area contributed by atoms with Gasteiger partial charge in [-0.1, -0.05) is 0 Å². The molecule has 2 amide bonds. The average molecular weight is 266 g/mol. The van der Waals surface area contributed by atoms with E-state index in [-0.39, 0.29) is 23.3 Å². The molecule has 0 spiro atoms. The van der Waals surface area contributed by atoms with Gasteiger partial charge in [0, 0.05) is 40.9 Å². The minimum atomic E-state index is -0.365. The lowest BCUT2D eigenvalue weighted by Crippen LogP contribution is -2.49. The van der Waals surface area contributed by atoms with Gasteiger partial charge in [0.1, 0.15) is 0 Å². The third kappa shape index (κ3) is 2.05. The first kappa shape index (κ1) is 13.4. The molecule has 0 saturated carbocycles. The van der Waals surface area contributed by atoms with Gasteiger partial charge in [-0.3, -0.25) is 9.36 Å². The second kappa shape index (κ2) is 4.56. The Hall–Kier alpha value is -2.05. The number of amides is 2. The van der Waals surface area contributed by atoms with E-state index >= 15 is 0 Å². The predicted molar refractivity (Wildman–Crippen MR) is 70.1 cm³/mol. The fourth-order valence-corrected chi connectivity index (χ4v) is 2.44. The van der Waals surface area contributed by atoms with Gasteiger partial charge < -0.3 is 14.4 Å². The number of urea groups is 1. The molecule has 7 nitrogen and oxygen atoms in total. The SMILES string of the molecule is CN1CC[C@@H](c2cn(C)c(=O)n(C)c2=O)N(C)C1=O. The molecule has 104 valence electrons. The molecular formula is C12H18N4O3. The van der Waals surface area contributed by atoms with E-state index in [0.717, 1.165) is 4.57 Å². The van der Waals surface area contributed by atoms with E-state index in [0.29, 0.717) is 18.5 Å². The molecule has 0 unspecified atom stereocenters. The molecule has 1 aliphatic rings. The standard InChI is InChI=1S/C12H18N4O3/c1-13-6-5-9(15(3)11(13)18)8-7-14(2)12(19)16(4)10(8)17/h7,9H,5-6H2,1-4H3/t9-/m0/s1. The lowest BCUT2D eigenvalue weighted by Gasteiger charge is -2.37. The summed E-state index contributed by atoms with van der Waals surface area (Å²) in [6.45, 7) is 0.597. The quantitative estimate of drug-likeness (QED) is 0.689. The maximum absolute atomic E-state index is 12.2. The van der Waals surface area contributed by atoms with E-state index in [4.69, 9.17) is 0 Å². The van der Waals surface area contributed by atoms with E-state index in [2.05, 4.69) is 0 Å². The summed E-state index contributed by atoms with van der Waals surface area (Å²) >= 11 is 0. The maximum Gasteiger partial charge on any atom is 0.330 e. The summed E-state index contributed by atoms with van der Waals surface area (Å²) in [5.41, 5.74) is -0.221. The van der Waals surface area contributed by atoms with Crippen molar-refractivity contribution < 1.29 is 4.79 Å². The van der Waals surface area contributed by atoms with Crippen LogP contribution in [0.5, 0.6) is 0 Å². The van der Waals surface area contributed by atoms with Crippen molar-refractivity contribution >= 4 is 6.03 Å². The van der Waals surface area contributed by atoms with Crippen LogP contribution in [0.1, 0.15) is 18.0 Å². The molecule has 1 aromatic heterocycles. The highest BCUT2D eigenvalue weighted by Gasteiger charge is 2.31. The Balaban J connectivity index is 2.52. The average Bonchev–Trinajstić information content (AvgIpc) is 2.39. The fraction of sp³-hybridized carbons (Fsp3) is 0.583. The van der Waals surface area contributed by atoms with Crippen LogP contribution >= 0.6 is 0 Å². The predicted octanol–water partition coefficient (Wildman–Crippen LogP) is -0.488. The van der Waals surface area contributed by atoms with Crippen LogP contribution < -0.4 is 11.2 Å². The Morgan fingerprint density at radius 1 is 1.11 bits per heavy atom. The first-order valence-electron chi connectivity index (χ1n) is 6.09. The van der Waals surface area contributed by atoms with Gasteiger partial charge in [0.25, 0.3) is 5.56 Å². The first-order chi connectivity index (χ1) is 8.84. The summed E-state index contributed by atoms with van der Waals surface area (Å²) in [6.07, 6.45) is 2.20. The molecule has 7 heteroatoms. The lowest BCUT2D eigenvalue weighted by molar-refractivity contribution is 0.123. The van der Waals surface area contributed by atoms with Crippen LogP contribution in [-0.2, 0) is 14.1 Å². The van der Waals surface area contributed by atoms with E-state index in [1.165, 1.54) is 17.8 Å². The Morgan fingerprint density at radius 3 is 2.37 bits per heavy atom. The molecule has 1 saturated heterocycles. The highest BCUT2D eigenvalue weighted by Crippen LogP contribution is 2.25. The molecule has 0 radical (unpaired) electrons. The second-order valence-corrected chi connectivity index (χ2v) is 4.96. The Labute approximate surface area is 110 Å². The monoisotopic (exact) mass is 266 g/mol. The molecule has 2 rings (SSSR count). The molecule has 2 heterocycles. The molecule has 0 bridgehead atoms. The van der Waals surface area contributed by atoms with Gasteiger partial charge in [-0.25, -0.2) is 9.59 Å². The molecule has 0 aromatic carbocycles. The van der Waals surface area contributed by atoms with Gasteiger partial charge in [0.2, 0.25) is 0 Å². The number of carbonyl (C=O) groups is 1. The van der Waals surface area contributed by atoms with Crippen LogP contribution in [0.25, 0.3) is 0 Å². The van der Waals surface area contributed by atoms with Crippen molar-refractivity contribution in [2.45, 2.75) is 12.5 Å². The van der Waals surface area contributed by atoms with Gasteiger partial charge in [-0.15, -0.1) is 0 Å². The summed E-state index contributed by atoms with van der Waals surface area (Å²) in [6, 6.07) is -0.402. The Bertz CT molecular complexity index is 631. The summed E-state index contributed by atoms with van der Waals surface area (Å²) in [7, 11) is 6.45. The van der Waals surface area contributed by atoms with Gasteiger partial charge in [0.05, 0.1) is 11.6 Å². The highest BCUT2D eigenvalue weighted by molar-refractivity contribution is 5.75. The molecule has 0 aliphatic carbocycles.